The van der Waals surface area contributed by atoms with Crippen LogP contribution in [0, 0.1) is 5.92 Å². The third-order valence-corrected chi connectivity index (χ3v) is 8.78. The van der Waals surface area contributed by atoms with E-state index in [1.165, 1.54) is 5.56 Å². The molecule has 3 aromatic heterocycles. The van der Waals surface area contributed by atoms with Crippen LogP contribution in [0.15, 0.2) is 90.1 Å². The molecule has 0 radical (unpaired) electrons. The minimum Gasteiger partial charge on any atom is -0.494 e. The molecule has 49 heavy (non-hydrogen) atoms. The number of rotatable bonds is 14. The number of carbonyl (C=O) groups excluding carboxylic acids is 1. The monoisotopic (exact) mass is 659 g/mol. The molecule has 2 N–H and O–H groups in total. The Bertz CT molecular complexity index is 1910. The molecule has 0 aliphatic heterocycles. The Kier molecular flexibility index (Phi) is 11.8. The van der Waals surface area contributed by atoms with Crippen LogP contribution in [-0.2, 0) is 13.0 Å². The highest BCUT2D eigenvalue weighted by molar-refractivity contribution is 6.07. The maximum atomic E-state index is 14.5. The number of para-hydroxylation sites is 1. The summed E-state index contributed by atoms with van der Waals surface area (Å²) in [6.45, 7) is 13.8. The van der Waals surface area contributed by atoms with Crippen LogP contribution < -0.4 is 20.9 Å². The van der Waals surface area contributed by atoms with E-state index in [2.05, 4.69) is 62.1 Å². The van der Waals surface area contributed by atoms with Crippen LogP contribution in [0.3, 0.4) is 0 Å². The normalized spacial score (nSPS) is 11.4. The zero-order chi connectivity index (χ0) is 34.9. The van der Waals surface area contributed by atoms with Crippen molar-refractivity contribution in [3.05, 3.63) is 112 Å². The van der Waals surface area contributed by atoms with E-state index < -0.39 is 6.03 Å². The number of benzene rings is 2. The van der Waals surface area contributed by atoms with E-state index in [1.54, 1.807) is 23.2 Å². The first kappa shape index (κ1) is 35.3. The molecule has 5 rings (SSSR count). The van der Waals surface area contributed by atoms with Crippen molar-refractivity contribution in [2.75, 3.05) is 17.2 Å². The summed E-state index contributed by atoms with van der Waals surface area (Å²) in [5.74, 6) is 1.58. The second-order valence-corrected chi connectivity index (χ2v) is 13.7. The third kappa shape index (κ3) is 8.74. The van der Waals surface area contributed by atoms with E-state index in [1.807, 2.05) is 66.7 Å². The summed E-state index contributed by atoms with van der Waals surface area (Å²) in [4.78, 5) is 37.2. The fraction of sp³-hybridized carbons (Fsp3) is 0.366. The molecule has 256 valence electrons. The molecule has 0 bridgehead atoms. The van der Waals surface area contributed by atoms with Crippen LogP contribution in [0.5, 0.6) is 5.75 Å². The highest BCUT2D eigenvalue weighted by atomic mass is 16.5. The maximum Gasteiger partial charge on any atom is 0.323 e. The van der Waals surface area contributed by atoms with Crippen molar-refractivity contribution in [1.82, 2.24) is 14.5 Å². The number of urea groups is 1. The molecular formula is C41H49N5O3. The summed E-state index contributed by atoms with van der Waals surface area (Å²) in [5.41, 5.74) is 5.99. The lowest BCUT2D eigenvalue weighted by atomic mass is 9.93. The first-order chi connectivity index (χ1) is 23.6. The first-order valence-corrected chi connectivity index (χ1v) is 17.5. The second-order valence-electron chi connectivity index (χ2n) is 13.7. The molecule has 8 nitrogen and oxygen atoms in total. The van der Waals surface area contributed by atoms with E-state index >= 15 is 0 Å². The number of hydrogen-bond donors (Lipinski definition) is 2. The van der Waals surface area contributed by atoms with Crippen molar-refractivity contribution in [3.8, 4) is 16.9 Å². The average molecular weight is 660 g/mol. The molecule has 0 fully saturated rings. The summed E-state index contributed by atoms with van der Waals surface area (Å²) in [6.07, 6.45) is 8.83. The highest BCUT2D eigenvalue weighted by Crippen LogP contribution is 2.36. The van der Waals surface area contributed by atoms with Crippen LogP contribution >= 0.6 is 0 Å². The number of aryl methyl sites for hydroxylation is 2. The Balaban J connectivity index is 1.54. The first-order valence-electron chi connectivity index (χ1n) is 17.5. The molecule has 8 heteroatoms. The molecule has 0 unspecified atom stereocenters. The molecule has 2 amide bonds. The number of nitrogens with zero attached hydrogens (tertiary/aromatic N) is 3. The van der Waals surface area contributed by atoms with Crippen molar-refractivity contribution in [2.24, 2.45) is 5.92 Å². The Morgan fingerprint density at radius 1 is 0.816 bits per heavy atom. The quantitative estimate of drug-likeness (QED) is 0.116. The Labute approximate surface area is 290 Å². The van der Waals surface area contributed by atoms with Gasteiger partial charge in [0.05, 0.1) is 6.61 Å². The number of carbonyl (C=O) groups is 1. The molecule has 0 aliphatic rings. The number of anilines is 2. The van der Waals surface area contributed by atoms with Crippen LogP contribution in [0.2, 0.25) is 0 Å². The van der Waals surface area contributed by atoms with E-state index in [9.17, 15) is 9.59 Å². The van der Waals surface area contributed by atoms with Crippen LogP contribution in [0.4, 0.5) is 16.2 Å². The van der Waals surface area contributed by atoms with Gasteiger partial charge in [-0.05, 0) is 102 Å². The van der Waals surface area contributed by atoms with Gasteiger partial charge in [-0.25, -0.2) is 9.78 Å². The number of nitrogens with one attached hydrogen (secondary N) is 2. The molecule has 0 aliphatic carbocycles. The van der Waals surface area contributed by atoms with Gasteiger partial charge in [0.15, 0.2) is 0 Å². The minimum absolute atomic E-state index is 0.196. The van der Waals surface area contributed by atoms with Gasteiger partial charge in [-0.1, -0.05) is 71.9 Å². The van der Waals surface area contributed by atoms with E-state index in [0.717, 1.165) is 53.4 Å². The van der Waals surface area contributed by atoms with Gasteiger partial charge < -0.3 is 15.4 Å². The number of hydrogen-bond acceptors (Lipinski definition) is 5. The standard InChI is InChI=1S/C41H49N5O3/c1-27(2)12-10-24-46-39-35(18-9-21-43-39)36(31-14-7-15-32(26-31)49-25-11-13-30-19-22-42-23-20-30)38(40(46)47)45-41(48)44-37-33(28(3)4)16-8-17-34(37)29(5)6/h7-9,14-23,26-29H,10-13,24-25H2,1-6H3,(H2,44,45,48). The largest absolute Gasteiger partial charge is 0.494 e. The van der Waals surface area contributed by atoms with Gasteiger partial charge >= 0.3 is 6.03 Å². The minimum atomic E-state index is -0.464. The van der Waals surface area contributed by atoms with E-state index in [-0.39, 0.29) is 23.1 Å². The fourth-order valence-electron chi connectivity index (χ4n) is 6.27. The van der Waals surface area contributed by atoms with E-state index in [0.29, 0.717) is 36.0 Å². The summed E-state index contributed by atoms with van der Waals surface area (Å²) in [7, 11) is 0. The number of fused-ring (bicyclic) bond motifs is 1. The fourth-order valence-corrected chi connectivity index (χ4v) is 6.27. The average Bonchev–Trinajstić information content (AvgIpc) is 3.08. The molecule has 5 aromatic rings. The van der Waals surface area contributed by atoms with Crippen molar-refractivity contribution in [3.63, 3.8) is 0 Å². The van der Waals surface area contributed by atoms with Gasteiger partial charge in [-0.2, -0.15) is 0 Å². The molecule has 2 aromatic carbocycles. The molecule has 0 saturated heterocycles. The topological polar surface area (TPSA) is 98.1 Å². The summed E-state index contributed by atoms with van der Waals surface area (Å²) < 4.78 is 7.89. The summed E-state index contributed by atoms with van der Waals surface area (Å²) in [5, 5.41) is 6.94. The van der Waals surface area contributed by atoms with Crippen molar-refractivity contribution in [2.45, 2.75) is 85.6 Å². The van der Waals surface area contributed by atoms with Crippen molar-refractivity contribution >= 4 is 28.4 Å². The second kappa shape index (κ2) is 16.4. The maximum absolute atomic E-state index is 14.5. The highest BCUT2D eigenvalue weighted by Gasteiger charge is 2.23. The predicted molar refractivity (Wildman–Crippen MR) is 201 cm³/mol. The van der Waals surface area contributed by atoms with Crippen molar-refractivity contribution in [1.29, 1.82) is 0 Å². The Hall–Kier alpha value is -4.98. The summed E-state index contributed by atoms with van der Waals surface area (Å²) in [6, 6.07) is 21.2. The Morgan fingerprint density at radius 2 is 1.51 bits per heavy atom. The van der Waals surface area contributed by atoms with Gasteiger partial charge in [0, 0.05) is 41.8 Å². The molecule has 3 heterocycles. The van der Waals surface area contributed by atoms with Gasteiger partial charge in [0.2, 0.25) is 0 Å². The smallest absolute Gasteiger partial charge is 0.323 e. The third-order valence-electron chi connectivity index (χ3n) is 8.78. The van der Waals surface area contributed by atoms with E-state index in [4.69, 9.17) is 4.74 Å². The lowest BCUT2D eigenvalue weighted by molar-refractivity contribution is 0.262. The SMILES string of the molecule is CC(C)CCCn1c(=O)c(NC(=O)Nc2c(C(C)C)cccc2C(C)C)c(-c2cccc(OCCCc3ccncc3)c2)c2cccnc21. The van der Waals surface area contributed by atoms with Crippen LogP contribution in [-0.4, -0.2) is 27.2 Å². The van der Waals surface area contributed by atoms with Gasteiger partial charge in [-0.15, -0.1) is 0 Å². The lowest BCUT2D eigenvalue weighted by Gasteiger charge is -2.22. The molecule has 0 spiro atoms. The molecule has 0 atom stereocenters. The van der Waals surface area contributed by atoms with Crippen LogP contribution in [0.1, 0.15) is 89.3 Å². The number of amides is 2. The Morgan fingerprint density at radius 3 is 2.20 bits per heavy atom. The van der Waals surface area contributed by atoms with Gasteiger partial charge in [-0.3, -0.25) is 14.3 Å². The van der Waals surface area contributed by atoms with Crippen LogP contribution in [0.25, 0.3) is 22.2 Å². The lowest BCUT2D eigenvalue weighted by Crippen LogP contribution is -2.30. The zero-order valence-electron chi connectivity index (χ0n) is 29.6. The van der Waals surface area contributed by atoms with Gasteiger partial charge in [0.25, 0.3) is 5.56 Å². The summed E-state index contributed by atoms with van der Waals surface area (Å²) >= 11 is 0. The number of pyridine rings is 3. The van der Waals surface area contributed by atoms with Crippen molar-refractivity contribution < 1.29 is 9.53 Å². The zero-order valence-corrected chi connectivity index (χ0v) is 29.6. The predicted octanol–water partition coefficient (Wildman–Crippen LogP) is 9.80. The number of aromatic nitrogens is 3. The molecular weight excluding hydrogens is 610 g/mol. The van der Waals surface area contributed by atoms with Gasteiger partial charge in [0.1, 0.15) is 17.1 Å². The molecule has 0 saturated carbocycles. The number of ether oxygens (including phenoxy) is 1.